The van der Waals surface area contributed by atoms with E-state index in [9.17, 15) is 22.4 Å². The summed E-state index contributed by atoms with van der Waals surface area (Å²) in [6, 6.07) is 13.1. The Labute approximate surface area is 178 Å². The second-order valence-corrected chi connectivity index (χ2v) is 6.98. The fraction of sp³-hybridized carbons (Fsp3) is 0.0476. The van der Waals surface area contributed by atoms with Crippen LogP contribution in [0.15, 0.2) is 60.7 Å². The predicted molar refractivity (Wildman–Crippen MR) is 110 cm³/mol. The topological polar surface area (TPSA) is 75.0 Å². The highest BCUT2D eigenvalue weighted by Gasteiger charge is 2.31. The molecule has 1 aromatic heterocycles. The van der Waals surface area contributed by atoms with Gasteiger partial charge in [0.1, 0.15) is 5.52 Å². The van der Waals surface area contributed by atoms with Crippen LogP contribution in [0.25, 0.3) is 22.0 Å². The van der Waals surface area contributed by atoms with E-state index in [1.54, 1.807) is 30.3 Å². The summed E-state index contributed by atoms with van der Waals surface area (Å²) in [6.07, 6.45) is -4.54. The predicted octanol–water partition coefficient (Wildman–Crippen LogP) is 6.26. The summed E-state index contributed by atoms with van der Waals surface area (Å²) in [4.78, 5) is 13.1. The minimum Gasteiger partial charge on any atom is -0.351 e. The number of primary amides is 1. The van der Waals surface area contributed by atoms with Gasteiger partial charge in [-0.2, -0.15) is 18.3 Å². The molecule has 4 rings (SSSR count). The van der Waals surface area contributed by atoms with Crippen molar-refractivity contribution in [3.63, 3.8) is 0 Å². The van der Waals surface area contributed by atoms with Crippen LogP contribution in [0.4, 0.5) is 33.9 Å². The highest BCUT2D eigenvalue weighted by molar-refractivity contribution is 6.34. The first-order valence-corrected chi connectivity index (χ1v) is 9.24. The first kappa shape index (κ1) is 20.7. The molecule has 2 amide bonds. The van der Waals surface area contributed by atoms with E-state index >= 15 is 0 Å². The Morgan fingerprint density at radius 3 is 2.29 bits per heavy atom. The van der Waals surface area contributed by atoms with Crippen LogP contribution in [-0.4, -0.2) is 16.2 Å². The molecule has 10 heteroatoms. The van der Waals surface area contributed by atoms with Gasteiger partial charge in [0, 0.05) is 10.9 Å². The molecule has 1 heterocycles. The zero-order valence-corrected chi connectivity index (χ0v) is 16.3. The fourth-order valence-corrected chi connectivity index (χ4v) is 3.49. The number of nitrogens with zero attached hydrogens (tertiary/aromatic N) is 2. The Morgan fingerprint density at radius 1 is 1.06 bits per heavy atom. The van der Waals surface area contributed by atoms with Gasteiger partial charge in [0.2, 0.25) is 0 Å². The summed E-state index contributed by atoms with van der Waals surface area (Å²) < 4.78 is 53.6. The molecule has 0 spiro atoms. The van der Waals surface area contributed by atoms with E-state index in [1.165, 1.54) is 6.07 Å². The summed E-state index contributed by atoms with van der Waals surface area (Å²) in [5.74, 6) is -0.858. The van der Waals surface area contributed by atoms with Gasteiger partial charge in [0.05, 0.1) is 16.3 Å². The molecule has 158 valence electrons. The van der Waals surface area contributed by atoms with Crippen LogP contribution in [0, 0.1) is 5.82 Å². The number of aromatic amines is 1. The van der Waals surface area contributed by atoms with Gasteiger partial charge in [-0.1, -0.05) is 41.9 Å². The average molecular weight is 449 g/mol. The van der Waals surface area contributed by atoms with E-state index < -0.39 is 23.6 Å². The molecule has 4 aromatic rings. The van der Waals surface area contributed by atoms with E-state index in [4.69, 9.17) is 17.3 Å². The van der Waals surface area contributed by atoms with Gasteiger partial charge in [-0.25, -0.2) is 14.1 Å². The maximum absolute atomic E-state index is 14.9. The Balaban J connectivity index is 1.89. The number of alkyl halides is 3. The lowest BCUT2D eigenvalue weighted by molar-refractivity contribution is -0.137. The van der Waals surface area contributed by atoms with Crippen molar-refractivity contribution in [3.8, 4) is 11.1 Å². The number of rotatable bonds is 3. The molecular formula is C21H13ClF4N4O. The second-order valence-electron chi connectivity index (χ2n) is 6.61. The lowest BCUT2D eigenvalue weighted by Crippen LogP contribution is -2.31. The third kappa shape index (κ3) is 3.68. The molecule has 0 atom stereocenters. The van der Waals surface area contributed by atoms with Gasteiger partial charge in [-0.05, 0) is 35.9 Å². The number of amides is 2. The number of nitrogens with one attached hydrogen (secondary N) is 1. The van der Waals surface area contributed by atoms with E-state index in [2.05, 4.69) is 10.2 Å². The lowest BCUT2D eigenvalue weighted by Gasteiger charge is -2.19. The monoisotopic (exact) mass is 448 g/mol. The summed E-state index contributed by atoms with van der Waals surface area (Å²) in [5, 5.41) is 6.49. The number of halogens is 5. The smallest absolute Gasteiger partial charge is 0.351 e. The van der Waals surface area contributed by atoms with Crippen molar-refractivity contribution in [1.29, 1.82) is 0 Å². The number of carbonyl (C=O) groups is 1. The van der Waals surface area contributed by atoms with Gasteiger partial charge < -0.3 is 5.73 Å². The molecule has 3 aromatic carbocycles. The standard InChI is InChI=1S/C21H13ClF4N4O/c22-16-14(11-4-2-1-3-5-11)10-15-18(17(16)23)28-29-19(15)30(20(27)31)13-8-6-12(7-9-13)21(24,25)26/h1-10H,(H2,27,31)(H,28,29). The molecular weight excluding hydrogens is 436 g/mol. The second kappa shape index (κ2) is 7.59. The number of urea groups is 1. The number of benzene rings is 3. The number of nitrogens with two attached hydrogens (primary N) is 1. The minimum atomic E-state index is -4.54. The first-order valence-electron chi connectivity index (χ1n) is 8.87. The summed E-state index contributed by atoms with van der Waals surface area (Å²) in [5.41, 5.74) is 5.53. The molecule has 0 aliphatic rings. The van der Waals surface area contributed by atoms with Crippen molar-refractivity contribution in [2.75, 3.05) is 4.90 Å². The van der Waals surface area contributed by atoms with Crippen LogP contribution in [0.2, 0.25) is 5.02 Å². The zero-order chi connectivity index (χ0) is 22.3. The molecule has 0 unspecified atom stereocenters. The van der Waals surface area contributed by atoms with Crippen LogP contribution in [0.3, 0.4) is 0 Å². The molecule has 3 N–H and O–H groups in total. The maximum Gasteiger partial charge on any atom is 0.416 e. The minimum absolute atomic E-state index is 0.0329. The van der Waals surface area contributed by atoms with Crippen LogP contribution >= 0.6 is 11.6 Å². The van der Waals surface area contributed by atoms with Gasteiger partial charge in [0.25, 0.3) is 0 Å². The highest BCUT2D eigenvalue weighted by Crippen LogP contribution is 2.39. The summed E-state index contributed by atoms with van der Waals surface area (Å²) >= 11 is 6.20. The molecule has 31 heavy (non-hydrogen) atoms. The SMILES string of the molecule is NC(=O)N(c1ccc(C(F)(F)F)cc1)c1n[nH]c2c(F)c(Cl)c(-c3ccccc3)cc12. The lowest BCUT2D eigenvalue weighted by atomic mass is 10.0. The number of hydrogen-bond acceptors (Lipinski definition) is 2. The maximum atomic E-state index is 14.9. The molecule has 0 aliphatic carbocycles. The molecule has 0 saturated carbocycles. The van der Waals surface area contributed by atoms with Crippen molar-refractivity contribution in [2.45, 2.75) is 6.18 Å². The molecule has 0 radical (unpaired) electrons. The zero-order valence-electron chi connectivity index (χ0n) is 15.5. The number of aromatic nitrogens is 2. The van der Waals surface area contributed by atoms with Crippen LogP contribution < -0.4 is 10.6 Å². The van der Waals surface area contributed by atoms with E-state index in [0.717, 1.165) is 29.2 Å². The van der Waals surface area contributed by atoms with Gasteiger partial charge in [-0.3, -0.25) is 5.10 Å². The van der Waals surface area contributed by atoms with E-state index in [1.807, 2.05) is 0 Å². The number of fused-ring (bicyclic) bond motifs is 1. The quantitative estimate of drug-likeness (QED) is 0.363. The number of hydrogen-bond donors (Lipinski definition) is 2. The number of carbonyl (C=O) groups excluding carboxylic acids is 1. The number of anilines is 2. The van der Waals surface area contributed by atoms with E-state index in [0.29, 0.717) is 11.1 Å². The van der Waals surface area contributed by atoms with Crippen LogP contribution in [0.5, 0.6) is 0 Å². The van der Waals surface area contributed by atoms with Gasteiger partial charge >= 0.3 is 12.2 Å². The molecule has 0 bridgehead atoms. The van der Waals surface area contributed by atoms with Crippen molar-refractivity contribution < 1.29 is 22.4 Å². The normalized spacial score (nSPS) is 11.6. The molecule has 5 nitrogen and oxygen atoms in total. The van der Waals surface area contributed by atoms with Crippen molar-refractivity contribution in [1.82, 2.24) is 10.2 Å². The van der Waals surface area contributed by atoms with Crippen LogP contribution in [-0.2, 0) is 6.18 Å². The number of H-pyrrole nitrogens is 1. The largest absolute Gasteiger partial charge is 0.416 e. The Hall–Kier alpha value is -3.59. The summed E-state index contributed by atoms with van der Waals surface area (Å²) in [6.45, 7) is 0. The van der Waals surface area contributed by atoms with Crippen LogP contribution in [0.1, 0.15) is 5.56 Å². The summed E-state index contributed by atoms with van der Waals surface area (Å²) in [7, 11) is 0. The first-order chi connectivity index (χ1) is 14.7. The fourth-order valence-electron chi connectivity index (χ4n) is 3.23. The van der Waals surface area contributed by atoms with Crippen molar-refractivity contribution in [2.24, 2.45) is 5.73 Å². The molecule has 0 saturated heterocycles. The average Bonchev–Trinajstić information content (AvgIpc) is 3.14. The Bertz CT molecular complexity index is 1270. The molecule has 0 aliphatic heterocycles. The van der Waals surface area contributed by atoms with E-state index in [-0.39, 0.29) is 27.4 Å². The van der Waals surface area contributed by atoms with Gasteiger partial charge in [0.15, 0.2) is 11.6 Å². The molecule has 0 fully saturated rings. The Kier molecular flexibility index (Phi) is 5.06. The highest BCUT2D eigenvalue weighted by atomic mass is 35.5. The van der Waals surface area contributed by atoms with Gasteiger partial charge in [-0.15, -0.1) is 0 Å². The third-order valence-electron chi connectivity index (χ3n) is 4.69. The van der Waals surface area contributed by atoms with Crippen molar-refractivity contribution in [3.05, 3.63) is 77.1 Å². The third-order valence-corrected chi connectivity index (χ3v) is 5.06. The Morgan fingerprint density at radius 2 is 1.71 bits per heavy atom. The van der Waals surface area contributed by atoms with Crippen molar-refractivity contribution >= 4 is 40.0 Å².